The fourth-order valence-electron chi connectivity index (χ4n) is 1.14. The van der Waals surface area contributed by atoms with Crippen molar-refractivity contribution < 1.29 is 9.13 Å². The molecule has 2 rings (SSSR count). The van der Waals surface area contributed by atoms with Gasteiger partial charge >= 0.3 is 0 Å². The van der Waals surface area contributed by atoms with Crippen LogP contribution in [0.15, 0.2) is 18.2 Å². The Morgan fingerprint density at radius 3 is 2.71 bits per heavy atom. The largest absolute Gasteiger partial charge is 0.492 e. The van der Waals surface area contributed by atoms with Crippen molar-refractivity contribution in [2.24, 2.45) is 5.73 Å². The fourth-order valence-corrected chi connectivity index (χ4v) is 1.36. The van der Waals surface area contributed by atoms with Crippen LogP contribution in [0.5, 0.6) is 5.75 Å². The van der Waals surface area contributed by atoms with Crippen molar-refractivity contribution in [2.75, 3.05) is 6.61 Å². The molecule has 0 aliphatic heterocycles. The molecule has 76 valence electrons. The zero-order valence-corrected chi connectivity index (χ0v) is 8.35. The topological polar surface area (TPSA) is 35.2 Å². The molecule has 0 radical (unpaired) electrons. The van der Waals surface area contributed by atoms with E-state index in [0.717, 1.165) is 12.8 Å². The molecule has 1 fully saturated rings. The molecule has 0 heterocycles. The number of hydrogen-bond donors (Lipinski definition) is 1. The van der Waals surface area contributed by atoms with Crippen LogP contribution < -0.4 is 10.5 Å². The third kappa shape index (κ3) is 2.36. The van der Waals surface area contributed by atoms with Crippen molar-refractivity contribution in [1.82, 2.24) is 0 Å². The minimum atomic E-state index is -0.394. The van der Waals surface area contributed by atoms with Gasteiger partial charge in [-0.2, -0.15) is 0 Å². The van der Waals surface area contributed by atoms with E-state index in [2.05, 4.69) is 0 Å². The molecular formula is C10H11ClFNO. The lowest BCUT2D eigenvalue weighted by molar-refractivity contribution is 0.278. The van der Waals surface area contributed by atoms with Gasteiger partial charge in [-0.05, 0) is 25.0 Å². The second-order valence-electron chi connectivity index (χ2n) is 3.76. The van der Waals surface area contributed by atoms with E-state index in [1.165, 1.54) is 12.1 Å². The van der Waals surface area contributed by atoms with E-state index in [4.69, 9.17) is 22.1 Å². The summed E-state index contributed by atoms with van der Waals surface area (Å²) in [6, 6.07) is 4.12. The first-order valence-corrected chi connectivity index (χ1v) is 4.83. The van der Waals surface area contributed by atoms with Crippen molar-refractivity contribution in [1.29, 1.82) is 0 Å². The average Bonchev–Trinajstić information content (AvgIpc) is 2.80. The van der Waals surface area contributed by atoms with Gasteiger partial charge in [0.25, 0.3) is 0 Å². The summed E-state index contributed by atoms with van der Waals surface area (Å²) in [5.41, 5.74) is 5.62. The lowest BCUT2D eigenvalue weighted by atomic mass is 10.3. The highest BCUT2D eigenvalue weighted by atomic mass is 35.5. The molecule has 0 atom stereocenters. The van der Waals surface area contributed by atoms with E-state index in [-0.39, 0.29) is 5.54 Å². The van der Waals surface area contributed by atoms with Gasteiger partial charge in [-0.1, -0.05) is 11.6 Å². The summed E-state index contributed by atoms with van der Waals surface area (Å²) >= 11 is 5.66. The van der Waals surface area contributed by atoms with Gasteiger partial charge in [-0.3, -0.25) is 0 Å². The molecule has 1 saturated carbocycles. The van der Waals surface area contributed by atoms with Crippen molar-refractivity contribution in [3.05, 3.63) is 29.0 Å². The first kappa shape index (κ1) is 9.74. The summed E-state index contributed by atoms with van der Waals surface area (Å²) < 4.78 is 18.2. The maximum Gasteiger partial charge on any atom is 0.128 e. The molecule has 0 amide bonds. The second-order valence-corrected chi connectivity index (χ2v) is 4.19. The summed E-state index contributed by atoms with van der Waals surface area (Å²) in [5, 5.41) is 0.335. The Balaban J connectivity index is 2.01. The predicted octanol–water partition coefficient (Wildman–Crippen LogP) is 2.35. The Kier molecular flexibility index (Phi) is 2.37. The van der Waals surface area contributed by atoms with Gasteiger partial charge in [0.2, 0.25) is 0 Å². The molecule has 0 bridgehead atoms. The molecule has 2 nitrogen and oxygen atoms in total. The number of ether oxygens (including phenoxy) is 1. The molecule has 14 heavy (non-hydrogen) atoms. The van der Waals surface area contributed by atoms with Crippen LogP contribution in [-0.4, -0.2) is 12.1 Å². The minimum absolute atomic E-state index is 0.196. The van der Waals surface area contributed by atoms with E-state index >= 15 is 0 Å². The summed E-state index contributed by atoms with van der Waals surface area (Å²) in [7, 11) is 0. The molecule has 4 heteroatoms. The number of hydrogen-bond acceptors (Lipinski definition) is 2. The first-order chi connectivity index (χ1) is 6.57. The van der Waals surface area contributed by atoms with Gasteiger partial charge in [0, 0.05) is 11.1 Å². The van der Waals surface area contributed by atoms with Crippen molar-refractivity contribution in [2.45, 2.75) is 18.4 Å². The van der Waals surface area contributed by atoms with Crippen LogP contribution in [0.4, 0.5) is 4.39 Å². The number of nitrogens with two attached hydrogens (primary N) is 1. The van der Waals surface area contributed by atoms with Gasteiger partial charge in [0.15, 0.2) is 0 Å². The van der Waals surface area contributed by atoms with Gasteiger partial charge in [-0.25, -0.2) is 4.39 Å². The number of rotatable bonds is 3. The van der Waals surface area contributed by atoms with Crippen molar-refractivity contribution >= 4 is 11.6 Å². The molecular weight excluding hydrogens is 205 g/mol. The summed E-state index contributed by atoms with van der Waals surface area (Å²) in [6.07, 6.45) is 1.94. The molecule has 0 unspecified atom stereocenters. The SMILES string of the molecule is NC1(COc2cc(F)cc(Cl)c2)CC1. The predicted molar refractivity (Wildman–Crippen MR) is 53.1 cm³/mol. The summed E-state index contributed by atoms with van der Waals surface area (Å²) in [4.78, 5) is 0. The van der Waals surface area contributed by atoms with Crippen LogP contribution in [0.1, 0.15) is 12.8 Å². The molecule has 2 N–H and O–H groups in total. The third-order valence-corrected chi connectivity index (χ3v) is 2.47. The number of benzene rings is 1. The van der Waals surface area contributed by atoms with E-state index in [9.17, 15) is 4.39 Å². The molecule has 1 aromatic carbocycles. The van der Waals surface area contributed by atoms with E-state index in [1.54, 1.807) is 6.07 Å². The second kappa shape index (κ2) is 3.41. The lowest BCUT2D eigenvalue weighted by Gasteiger charge is -2.11. The van der Waals surface area contributed by atoms with Crippen LogP contribution in [0.25, 0.3) is 0 Å². The smallest absolute Gasteiger partial charge is 0.128 e. The lowest BCUT2D eigenvalue weighted by Crippen LogP contribution is -2.29. The molecule has 0 saturated heterocycles. The monoisotopic (exact) mass is 215 g/mol. The first-order valence-electron chi connectivity index (χ1n) is 4.45. The average molecular weight is 216 g/mol. The van der Waals surface area contributed by atoms with E-state index < -0.39 is 5.82 Å². The van der Waals surface area contributed by atoms with Crippen LogP contribution in [-0.2, 0) is 0 Å². The fraction of sp³-hybridized carbons (Fsp3) is 0.400. The summed E-state index contributed by atoms with van der Waals surface area (Å²) in [6.45, 7) is 0.423. The van der Waals surface area contributed by atoms with Crippen LogP contribution in [0.3, 0.4) is 0 Å². The van der Waals surface area contributed by atoms with E-state index in [0.29, 0.717) is 17.4 Å². The van der Waals surface area contributed by atoms with Crippen molar-refractivity contribution in [3.63, 3.8) is 0 Å². The molecule has 1 aliphatic rings. The van der Waals surface area contributed by atoms with Gasteiger partial charge in [0.05, 0.1) is 5.54 Å². The van der Waals surface area contributed by atoms with Crippen molar-refractivity contribution in [3.8, 4) is 5.75 Å². The Morgan fingerprint density at radius 1 is 1.43 bits per heavy atom. The zero-order chi connectivity index (χ0) is 10.2. The zero-order valence-electron chi connectivity index (χ0n) is 7.59. The van der Waals surface area contributed by atoms with E-state index in [1.807, 2.05) is 0 Å². The maximum absolute atomic E-state index is 12.9. The van der Waals surface area contributed by atoms with Crippen LogP contribution in [0, 0.1) is 5.82 Å². The third-order valence-electron chi connectivity index (χ3n) is 2.25. The molecule has 1 aromatic rings. The minimum Gasteiger partial charge on any atom is -0.492 e. The highest BCUT2D eigenvalue weighted by Gasteiger charge is 2.39. The molecule has 0 aromatic heterocycles. The number of halogens is 2. The van der Waals surface area contributed by atoms with Crippen LogP contribution in [0.2, 0.25) is 5.02 Å². The van der Waals surface area contributed by atoms with Crippen LogP contribution >= 0.6 is 11.6 Å². The normalized spacial score (nSPS) is 17.9. The standard InChI is InChI=1S/C10H11ClFNO/c11-7-3-8(12)5-9(4-7)14-6-10(13)1-2-10/h3-5H,1-2,6,13H2. The Hall–Kier alpha value is -0.800. The van der Waals surface area contributed by atoms with Gasteiger partial charge in [0.1, 0.15) is 18.2 Å². The highest BCUT2D eigenvalue weighted by molar-refractivity contribution is 6.30. The maximum atomic E-state index is 12.9. The quantitative estimate of drug-likeness (QED) is 0.840. The molecule has 1 aliphatic carbocycles. The van der Waals surface area contributed by atoms with Gasteiger partial charge in [-0.15, -0.1) is 0 Å². The summed E-state index contributed by atoms with van der Waals surface area (Å²) in [5.74, 6) is 0.0427. The Bertz CT molecular complexity index is 332. The van der Waals surface area contributed by atoms with Gasteiger partial charge < -0.3 is 10.5 Å². The molecule has 0 spiro atoms. The Morgan fingerprint density at radius 2 is 2.14 bits per heavy atom. The highest BCUT2D eigenvalue weighted by Crippen LogP contribution is 2.33. The Labute approximate surface area is 86.8 Å².